The first-order valence-electron chi connectivity index (χ1n) is 8.56. The van der Waals surface area contributed by atoms with Crippen LogP contribution in [0.3, 0.4) is 0 Å². The van der Waals surface area contributed by atoms with Crippen LogP contribution >= 0.6 is 11.6 Å². The summed E-state index contributed by atoms with van der Waals surface area (Å²) in [5, 5.41) is 11.3. The van der Waals surface area contributed by atoms with E-state index in [4.69, 9.17) is 11.6 Å². The number of carbonyl (C=O) groups excluding carboxylic acids is 1. The Kier molecular flexibility index (Phi) is 4.53. The lowest BCUT2D eigenvalue weighted by atomic mass is 10.0. The summed E-state index contributed by atoms with van der Waals surface area (Å²) in [4.78, 5) is 14.7. The minimum absolute atomic E-state index is 0.0276. The van der Waals surface area contributed by atoms with Crippen molar-refractivity contribution in [2.24, 2.45) is 7.05 Å². The third kappa shape index (κ3) is 3.38. The molecule has 1 saturated heterocycles. The molecule has 3 heterocycles. The van der Waals surface area contributed by atoms with Gasteiger partial charge in [-0.3, -0.25) is 9.89 Å². The van der Waals surface area contributed by atoms with Gasteiger partial charge in [0, 0.05) is 55.7 Å². The van der Waals surface area contributed by atoms with Crippen molar-refractivity contribution in [1.82, 2.24) is 25.0 Å². The molecule has 0 aliphatic carbocycles. The van der Waals surface area contributed by atoms with Gasteiger partial charge in [-0.1, -0.05) is 23.7 Å². The molecule has 26 heavy (non-hydrogen) atoms. The molecular weight excluding hydrogens is 350 g/mol. The fourth-order valence-corrected chi connectivity index (χ4v) is 3.38. The first-order valence-corrected chi connectivity index (χ1v) is 8.94. The Hall–Kier alpha value is -2.57. The van der Waals surface area contributed by atoms with Crippen molar-refractivity contribution in [3.63, 3.8) is 0 Å². The number of halogens is 1. The van der Waals surface area contributed by atoms with Crippen LogP contribution in [0.25, 0.3) is 11.3 Å². The molecule has 3 aromatic rings. The Labute approximate surface area is 156 Å². The topological polar surface area (TPSA) is 66.0 Å². The maximum Gasteiger partial charge on any atom is 0.271 e. The number of nitrogens with zero attached hydrogens (tertiary/aromatic N) is 3. The summed E-state index contributed by atoms with van der Waals surface area (Å²) >= 11 is 5.97. The number of benzene rings is 1. The van der Waals surface area contributed by atoms with E-state index >= 15 is 0 Å². The highest BCUT2D eigenvalue weighted by atomic mass is 35.5. The second kappa shape index (κ2) is 6.97. The number of rotatable bonds is 3. The second-order valence-corrected chi connectivity index (χ2v) is 6.98. The molecule has 1 aliphatic rings. The summed E-state index contributed by atoms with van der Waals surface area (Å²) in [6, 6.07) is 11.6. The Bertz CT molecular complexity index is 914. The molecule has 4 rings (SSSR count). The highest BCUT2D eigenvalue weighted by Gasteiger charge is 2.26. The fourth-order valence-electron chi connectivity index (χ4n) is 3.26. The number of hydrogen-bond donors (Lipinski definition) is 2. The lowest BCUT2D eigenvalue weighted by Crippen LogP contribution is -2.48. The van der Waals surface area contributed by atoms with Crippen LogP contribution in [0.4, 0.5) is 0 Å². The van der Waals surface area contributed by atoms with Gasteiger partial charge >= 0.3 is 0 Å². The molecule has 0 saturated carbocycles. The van der Waals surface area contributed by atoms with Crippen molar-refractivity contribution >= 4 is 17.5 Å². The van der Waals surface area contributed by atoms with Gasteiger partial charge in [-0.15, -0.1) is 0 Å². The Morgan fingerprint density at radius 2 is 2.08 bits per heavy atom. The molecule has 1 fully saturated rings. The van der Waals surface area contributed by atoms with Crippen LogP contribution in [0.1, 0.15) is 22.1 Å². The summed E-state index contributed by atoms with van der Waals surface area (Å²) < 4.78 is 1.96. The number of carbonyl (C=O) groups is 1. The van der Waals surface area contributed by atoms with E-state index in [2.05, 4.69) is 15.5 Å². The first kappa shape index (κ1) is 16.9. The predicted octanol–water partition coefficient (Wildman–Crippen LogP) is 2.86. The summed E-state index contributed by atoms with van der Waals surface area (Å²) in [5.74, 6) is -0.0276. The van der Waals surface area contributed by atoms with E-state index in [-0.39, 0.29) is 11.9 Å². The van der Waals surface area contributed by atoms with Crippen LogP contribution in [-0.4, -0.2) is 45.2 Å². The number of aromatic nitrogens is 3. The molecule has 134 valence electrons. The second-order valence-electron chi connectivity index (χ2n) is 6.54. The molecule has 7 heteroatoms. The molecule has 1 amide bonds. The molecular formula is C19H20ClN5O. The smallest absolute Gasteiger partial charge is 0.271 e. The normalized spacial score (nSPS) is 17.5. The quantitative estimate of drug-likeness (QED) is 0.746. The van der Waals surface area contributed by atoms with E-state index in [1.54, 1.807) is 0 Å². The zero-order valence-corrected chi connectivity index (χ0v) is 15.2. The molecule has 1 atom stereocenters. The van der Waals surface area contributed by atoms with E-state index in [1.165, 1.54) is 0 Å². The maximum atomic E-state index is 12.9. The van der Waals surface area contributed by atoms with Crippen molar-refractivity contribution in [3.8, 4) is 11.3 Å². The first-order chi connectivity index (χ1) is 12.6. The zero-order valence-electron chi connectivity index (χ0n) is 14.4. The number of piperazine rings is 1. The average molecular weight is 370 g/mol. The van der Waals surface area contributed by atoms with E-state index in [0.29, 0.717) is 23.8 Å². The third-order valence-corrected chi connectivity index (χ3v) is 4.92. The average Bonchev–Trinajstić information content (AvgIpc) is 3.31. The minimum Gasteiger partial charge on any atom is -0.357 e. The summed E-state index contributed by atoms with van der Waals surface area (Å²) in [6.07, 6.45) is 3.93. The van der Waals surface area contributed by atoms with Gasteiger partial charge < -0.3 is 14.8 Å². The molecule has 1 unspecified atom stereocenters. The molecule has 2 aromatic heterocycles. The molecule has 2 N–H and O–H groups in total. The van der Waals surface area contributed by atoms with Crippen LogP contribution in [0.5, 0.6) is 0 Å². The van der Waals surface area contributed by atoms with E-state index in [1.807, 2.05) is 65.3 Å². The largest absolute Gasteiger partial charge is 0.357 e. The Balaban J connectivity index is 1.49. The standard InChI is InChI=1S/C19H20ClN5O/c1-24-8-6-14(11-24)16-10-17(23-22-16)19(26)25-9-7-21-18(12-25)13-2-4-15(20)5-3-13/h2-6,8,10-11,18,21H,7,9,12H2,1H3,(H,22,23). The third-order valence-electron chi connectivity index (χ3n) is 4.67. The van der Waals surface area contributed by atoms with Crippen molar-refractivity contribution in [1.29, 1.82) is 0 Å². The maximum absolute atomic E-state index is 12.9. The molecule has 1 aliphatic heterocycles. The summed E-state index contributed by atoms with van der Waals surface area (Å²) in [6.45, 7) is 2.03. The summed E-state index contributed by atoms with van der Waals surface area (Å²) in [7, 11) is 1.96. The van der Waals surface area contributed by atoms with Gasteiger partial charge in [0.2, 0.25) is 0 Å². The molecule has 6 nitrogen and oxygen atoms in total. The van der Waals surface area contributed by atoms with Crippen LogP contribution in [0.2, 0.25) is 5.02 Å². The van der Waals surface area contributed by atoms with Gasteiger partial charge in [0.05, 0.1) is 5.69 Å². The van der Waals surface area contributed by atoms with Crippen molar-refractivity contribution in [3.05, 3.63) is 65.1 Å². The summed E-state index contributed by atoms with van der Waals surface area (Å²) in [5.41, 5.74) is 3.41. The van der Waals surface area contributed by atoms with Crippen LogP contribution < -0.4 is 5.32 Å². The van der Waals surface area contributed by atoms with Gasteiger partial charge in [0.1, 0.15) is 5.69 Å². The number of hydrogen-bond acceptors (Lipinski definition) is 3. The van der Waals surface area contributed by atoms with E-state index < -0.39 is 0 Å². The SMILES string of the molecule is Cn1ccc(-c2cc(C(=O)N3CCNC(c4ccc(Cl)cc4)C3)[nH]n2)c1. The van der Waals surface area contributed by atoms with E-state index in [9.17, 15) is 4.79 Å². The minimum atomic E-state index is -0.0276. The van der Waals surface area contributed by atoms with Crippen LogP contribution in [0.15, 0.2) is 48.8 Å². The zero-order chi connectivity index (χ0) is 18.1. The lowest BCUT2D eigenvalue weighted by Gasteiger charge is -2.33. The van der Waals surface area contributed by atoms with Crippen LogP contribution in [-0.2, 0) is 7.05 Å². The van der Waals surface area contributed by atoms with Crippen molar-refractivity contribution < 1.29 is 4.79 Å². The highest BCUT2D eigenvalue weighted by Crippen LogP contribution is 2.22. The Morgan fingerprint density at radius 1 is 1.27 bits per heavy atom. The highest BCUT2D eigenvalue weighted by molar-refractivity contribution is 6.30. The number of nitrogens with one attached hydrogen (secondary N) is 2. The van der Waals surface area contributed by atoms with Gasteiger partial charge in [-0.05, 0) is 29.8 Å². The molecule has 0 spiro atoms. The number of amides is 1. The van der Waals surface area contributed by atoms with Crippen molar-refractivity contribution in [2.75, 3.05) is 19.6 Å². The molecule has 0 radical (unpaired) electrons. The lowest BCUT2D eigenvalue weighted by molar-refractivity contribution is 0.0697. The molecule has 0 bridgehead atoms. The monoisotopic (exact) mass is 369 g/mol. The Morgan fingerprint density at radius 3 is 2.81 bits per heavy atom. The van der Waals surface area contributed by atoms with Gasteiger partial charge in [0.25, 0.3) is 5.91 Å². The number of aromatic amines is 1. The van der Waals surface area contributed by atoms with E-state index in [0.717, 1.165) is 23.4 Å². The predicted molar refractivity (Wildman–Crippen MR) is 101 cm³/mol. The van der Waals surface area contributed by atoms with Crippen LogP contribution in [0, 0.1) is 0 Å². The van der Waals surface area contributed by atoms with Gasteiger partial charge in [0.15, 0.2) is 0 Å². The van der Waals surface area contributed by atoms with Gasteiger partial charge in [-0.25, -0.2) is 0 Å². The number of aryl methyl sites for hydroxylation is 1. The fraction of sp³-hybridized carbons (Fsp3) is 0.263. The van der Waals surface area contributed by atoms with Gasteiger partial charge in [-0.2, -0.15) is 5.10 Å². The number of H-pyrrole nitrogens is 1. The molecule has 1 aromatic carbocycles. The van der Waals surface area contributed by atoms with Crippen molar-refractivity contribution in [2.45, 2.75) is 6.04 Å².